The third-order valence-corrected chi connectivity index (χ3v) is 8.78. The first kappa shape index (κ1) is 28.1. The molecule has 6 heterocycles. The summed E-state index contributed by atoms with van der Waals surface area (Å²) in [5.74, 6) is 1.58. The van der Waals surface area contributed by atoms with Crippen LogP contribution in [0.3, 0.4) is 0 Å². The van der Waals surface area contributed by atoms with E-state index in [1.165, 1.54) is 5.69 Å². The molecule has 218 valence electrons. The molecule has 4 radical (unpaired) electrons. The molecule has 13 heteroatoms. The zero-order valence-corrected chi connectivity index (χ0v) is 25.2. The monoisotopic (exact) mass is 582 g/mol. The number of fused-ring (bicyclic) bond motifs is 4. The molecule has 4 aromatic heterocycles. The van der Waals surface area contributed by atoms with Gasteiger partial charge in [0.15, 0.2) is 11.9 Å². The van der Waals surface area contributed by atoms with Crippen LogP contribution in [0.4, 0.5) is 23.0 Å². The zero-order valence-electron chi connectivity index (χ0n) is 25.2. The molecule has 2 aliphatic heterocycles. The van der Waals surface area contributed by atoms with Crippen molar-refractivity contribution in [1.82, 2.24) is 34.3 Å². The number of anilines is 4. The van der Waals surface area contributed by atoms with E-state index in [4.69, 9.17) is 20.8 Å². The molecule has 0 saturated carbocycles. The molecule has 44 heavy (non-hydrogen) atoms. The molecule has 0 amide bonds. The van der Waals surface area contributed by atoms with Gasteiger partial charge < -0.3 is 20.4 Å². The molecule has 1 aromatic carbocycles. The fraction of sp³-hybridized carbons (Fsp3) is 0.323. The number of rotatable bonds is 8. The van der Waals surface area contributed by atoms with Gasteiger partial charge in [-0.3, -0.25) is 9.48 Å². The van der Waals surface area contributed by atoms with Crippen LogP contribution in [0, 0.1) is 6.92 Å². The third-order valence-electron chi connectivity index (χ3n) is 8.78. The van der Waals surface area contributed by atoms with Crippen molar-refractivity contribution < 1.29 is 4.79 Å². The lowest BCUT2D eigenvalue weighted by atomic mass is 9.57. The highest BCUT2D eigenvalue weighted by Gasteiger charge is 2.42. The average Bonchev–Trinajstić information content (AvgIpc) is 3.60. The van der Waals surface area contributed by atoms with Gasteiger partial charge in [-0.25, -0.2) is 9.97 Å². The minimum atomic E-state index is -1.30. The highest BCUT2D eigenvalue weighted by atomic mass is 16.1. The molecular formula is C31H32B2N10O. The van der Waals surface area contributed by atoms with E-state index in [0.717, 1.165) is 51.9 Å². The molecule has 7 rings (SSSR count). The van der Waals surface area contributed by atoms with Crippen molar-refractivity contribution in [1.29, 1.82) is 0 Å². The Morgan fingerprint density at radius 2 is 1.89 bits per heavy atom. The van der Waals surface area contributed by atoms with Crippen molar-refractivity contribution in [3.05, 3.63) is 77.5 Å². The van der Waals surface area contributed by atoms with Crippen LogP contribution in [-0.2, 0) is 5.34 Å². The highest BCUT2D eigenvalue weighted by Crippen LogP contribution is 2.50. The van der Waals surface area contributed by atoms with Gasteiger partial charge in [0.25, 0.3) is 0 Å². The van der Waals surface area contributed by atoms with Crippen molar-refractivity contribution in [2.75, 3.05) is 42.7 Å². The number of nitrogens with one attached hydrogen (secondary N) is 2. The van der Waals surface area contributed by atoms with Crippen LogP contribution in [0.1, 0.15) is 53.0 Å². The number of aromatic nitrogens is 6. The molecule has 1 fully saturated rings. The number of carbonyl (C=O) groups is 1. The van der Waals surface area contributed by atoms with Crippen molar-refractivity contribution in [3.63, 3.8) is 0 Å². The van der Waals surface area contributed by atoms with Gasteiger partial charge in [-0.05, 0) is 36.9 Å². The quantitative estimate of drug-likeness (QED) is 0.209. The van der Waals surface area contributed by atoms with E-state index in [9.17, 15) is 4.79 Å². The number of para-hydroxylation sites is 1. The van der Waals surface area contributed by atoms with E-state index in [-0.39, 0.29) is 12.1 Å². The summed E-state index contributed by atoms with van der Waals surface area (Å²) in [6.07, 6.45) is 3.57. The van der Waals surface area contributed by atoms with Gasteiger partial charge in [0, 0.05) is 56.1 Å². The first-order chi connectivity index (χ1) is 21.2. The Morgan fingerprint density at radius 1 is 1.09 bits per heavy atom. The SMILES string of the molecule is [B]C([B])(c1cccc(C=O)n1)N1CC(n2ncc3c2C(CC)N(C)c2c(Nc4cc(NC)nc5cc(C)nn45)cccc2-3)C1. The summed E-state index contributed by atoms with van der Waals surface area (Å²) in [6, 6.07) is 15.6. The second kappa shape index (κ2) is 10.5. The molecule has 2 N–H and O–H groups in total. The number of aldehydes is 1. The number of carbonyl (C=O) groups excluding carboxylic acids is 1. The Balaban J connectivity index is 1.22. The average molecular weight is 582 g/mol. The predicted octanol–water partition coefficient (Wildman–Crippen LogP) is 3.80. The fourth-order valence-corrected chi connectivity index (χ4v) is 6.51. The lowest BCUT2D eigenvalue weighted by Crippen LogP contribution is -2.60. The van der Waals surface area contributed by atoms with E-state index < -0.39 is 5.34 Å². The third kappa shape index (κ3) is 4.37. The fourth-order valence-electron chi connectivity index (χ4n) is 6.51. The smallest absolute Gasteiger partial charge is 0.168 e. The maximum atomic E-state index is 11.3. The topological polar surface area (TPSA) is 109 Å². The molecule has 1 unspecified atom stereocenters. The molecule has 0 spiro atoms. The summed E-state index contributed by atoms with van der Waals surface area (Å²) in [5, 5.41) is 15.1. The van der Waals surface area contributed by atoms with Crippen molar-refractivity contribution >= 4 is 50.6 Å². The van der Waals surface area contributed by atoms with E-state index >= 15 is 0 Å². The van der Waals surface area contributed by atoms with E-state index in [1.54, 1.807) is 18.2 Å². The highest BCUT2D eigenvalue weighted by molar-refractivity contribution is 6.39. The number of likely N-dealkylation sites (tertiary alicyclic amines) is 1. The summed E-state index contributed by atoms with van der Waals surface area (Å²) in [5.41, 5.74) is 7.90. The molecule has 0 bridgehead atoms. The molecule has 5 aromatic rings. The number of pyridine rings is 1. The first-order valence-electron chi connectivity index (χ1n) is 14.7. The van der Waals surface area contributed by atoms with E-state index in [2.05, 4.69) is 67.5 Å². The van der Waals surface area contributed by atoms with Crippen LogP contribution in [-0.4, -0.2) is 83.4 Å². The minimum Gasteiger partial charge on any atom is -0.373 e. The van der Waals surface area contributed by atoms with Crippen LogP contribution < -0.4 is 15.5 Å². The molecule has 1 atom stereocenters. The van der Waals surface area contributed by atoms with Crippen LogP contribution in [0.15, 0.2) is 54.7 Å². The van der Waals surface area contributed by atoms with Gasteiger partial charge in [0.2, 0.25) is 0 Å². The largest absolute Gasteiger partial charge is 0.373 e. The van der Waals surface area contributed by atoms with Gasteiger partial charge >= 0.3 is 0 Å². The Hall–Kier alpha value is -4.64. The van der Waals surface area contributed by atoms with Gasteiger partial charge in [-0.1, -0.05) is 25.1 Å². The maximum absolute atomic E-state index is 11.3. The number of aryl methyl sites for hydroxylation is 1. The summed E-state index contributed by atoms with van der Waals surface area (Å²) >= 11 is 0. The number of hydrogen-bond donors (Lipinski definition) is 2. The second-order valence-electron chi connectivity index (χ2n) is 11.5. The first-order valence-corrected chi connectivity index (χ1v) is 14.7. The Kier molecular flexibility index (Phi) is 6.73. The lowest BCUT2D eigenvalue weighted by Gasteiger charge is -2.50. The van der Waals surface area contributed by atoms with Gasteiger partial charge in [0.05, 0.1) is 56.7 Å². The zero-order chi connectivity index (χ0) is 30.7. The Bertz CT molecular complexity index is 1890. The molecule has 11 nitrogen and oxygen atoms in total. The molecule has 1 saturated heterocycles. The summed E-state index contributed by atoms with van der Waals surface area (Å²) in [7, 11) is 17.1. The van der Waals surface area contributed by atoms with Crippen LogP contribution in [0.2, 0.25) is 0 Å². The number of nitrogens with zero attached hydrogens (tertiary/aromatic N) is 8. The lowest BCUT2D eigenvalue weighted by molar-refractivity contribution is 0.0614. The van der Waals surface area contributed by atoms with Crippen LogP contribution in [0.25, 0.3) is 16.8 Å². The van der Waals surface area contributed by atoms with Crippen molar-refractivity contribution in [2.45, 2.75) is 37.7 Å². The normalized spacial score (nSPS) is 16.8. The Labute approximate surface area is 258 Å². The van der Waals surface area contributed by atoms with E-state index in [1.807, 2.05) is 41.7 Å². The van der Waals surface area contributed by atoms with Crippen molar-refractivity contribution in [3.8, 4) is 11.1 Å². The summed E-state index contributed by atoms with van der Waals surface area (Å²) in [4.78, 5) is 24.6. The standard InChI is InChI=1S/C31H32B2N10O/c1-5-24-30-22(14-35-42(30)20-15-41(16-20)31(32,33)25-11-6-8-19(17-44)36-25)21-9-7-10-23(29(21)40(24)4)37-28-13-26(34-3)38-27-12-18(2)39-43(27)28/h6-14,17,20,24,37H,5,15-16H2,1-4H3,(H,34,38). The maximum Gasteiger partial charge on any atom is 0.168 e. The van der Waals surface area contributed by atoms with E-state index in [0.29, 0.717) is 30.8 Å². The van der Waals surface area contributed by atoms with Crippen LogP contribution >= 0.6 is 0 Å². The molecule has 2 aliphatic rings. The minimum absolute atomic E-state index is 0.0953. The number of benzene rings is 1. The van der Waals surface area contributed by atoms with Gasteiger partial charge in [-0.15, -0.1) is 0 Å². The van der Waals surface area contributed by atoms with Gasteiger partial charge in [0.1, 0.15) is 17.3 Å². The molecular weight excluding hydrogens is 550 g/mol. The van der Waals surface area contributed by atoms with Gasteiger partial charge in [-0.2, -0.15) is 14.7 Å². The molecule has 0 aliphatic carbocycles. The summed E-state index contributed by atoms with van der Waals surface area (Å²) in [6.45, 7) is 5.38. The summed E-state index contributed by atoms with van der Waals surface area (Å²) < 4.78 is 3.98. The van der Waals surface area contributed by atoms with Crippen molar-refractivity contribution in [2.24, 2.45) is 0 Å². The number of hydrogen-bond acceptors (Lipinski definition) is 9. The van der Waals surface area contributed by atoms with Crippen LogP contribution in [0.5, 0.6) is 0 Å². The second-order valence-corrected chi connectivity index (χ2v) is 11.5. The predicted molar refractivity (Wildman–Crippen MR) is 173 cm³/mol. The Morgan fingerprint density at radius 3 is 2.64 bits per heavy atom.